The maximum absolute atomic E-state index is 11.1. The first-order valence-electron chi connectivity index (χ1n) is 3.56. The van der Waals surface area contributed by atoms with Crippen LogP contribution in [-0.4, -0.2) is 11.0 Å². The molecule has 1 rings (SSSR count). The Balaban J connectivity index is 3.04. The maximum atomic E-state index is 11.1. The predicted octanol–water partition coefficient (Wildman–Crippen LogP) is 2.15. The van der Waals surface area contributed by atoms with Crippen molar-refractivity contribution in [2.75, 3.05) is 0 Å². The van der Waals surface area contributed by atoms with Gasteiger partial charge in [0.1, 0.15) is 0 Å². The largest absolute Gasteiger partial charge is 0.390 e. The highest BCUT2D eigenvalue weighted by Gasteiger charge is 2.11. The minimum Gasteiger partial charge on any atom is -0.390 e. The van der Waals surface area contributed by atoms with Crippen molar-refractivity contribution in [3.63, 3.8) is 0 Å². The highest BCUT2D eigenvalue weighted by Crippen LogP contribution is 2.08. The lowest BCUT2D eigenvalue weighted by molar-refractivity contribution is 0.0793. The maximum Gasteiger partial charge on any atom is 0.366 e. The molecule has 0 atom stereocenters. The fourth-order valence-corrected chi connectivity index (χ4v) is 1.15. The third-order valence-electron chi connectivity index (χ3n) is 1.54. The molecule has 0 amide bonds. The monoisotopic (exact) mass is 277 g/mol. The number of hydrogen-bond donors (Lipinski definition) is 0. The number of hydrogen-bond acceptors (Lipinski definition) is 3. The lowest BCUT2D eigenvalue weighted by Gasteiger charge is -2.01. The van der Waals surface area contributed by atoms with Gasteiger partial charge in [-0.05, 0) is 18.1 Å². The van der Waals surface area contributed by atoms with Gasteiger partial charge in [-0.2, -0.15) is 0 Å². The van der Waals surface area contributed by atoms with Crippen molar-refractivity contribution in [2.45, 2.75) is 13.3 Å². The van der Waals surface area contributed by atoms with Gasteiger partial charge in [-0.15, -0.1) is 0 Å². The van der Waals surface area contributed by atoms with E-state index in [0.29, 0.717) is 5.69 Å². The molecular weight excluding hydrogens is 269 g/mol. The fourth-order valence-electron chi connectivity index (χ4n) is 0.944. The molecule has 0 aliphatic rings. The van der Waals surface area contributed by atoms with Crippen molar-refractivity contribution in [3.05, 3.63) is 29.6 Å². The van der Waals surface area contributed by atoms with Gasteiger partial charge in [0.2, 0.25) is 0 Å². The Bertz CT molecular complexity index is 288. The van der Waals surface area contributed by atoms with Gasteiger partial charge in [0.05, 0.1) is 0 Å². The zero-order chi connectivity index (χ0) is 8.97. The number of halogens is 1. The topological polar surface area (TPSA) is 39.2 Å². The van der Waals surface area contributed by atoms with Crippen LogP contribution in [0.25, 0.3) is 0 Å². The van der Waals surface area contributed by atoms with Crippen molar-refractivity contribution in [1.29, 1.82) is 0 Å². The second kappa shape index (κ2) is 4.39. The van der Waals surface area contributed by atoms with E-state index in [-0.39, 0.29) is 5.97 Å². The van der Waals surface area contributed by atoms with Crippen LogP contribution in [0.4, 0.5) is 0 Å². The summed E-state index contributed by atoms with van der Waals surface area (Å²) >= 11 is 1.56. The standard InChI is InChI=1S/C8H8INO2/c1-2-6-4-3-5-10-7(6)8(11)12-9/h3-5H,2H2,1H3. The molecule has 0 aromatic carbocycles. The molecule has 0 fully saturated rings. The summed E-state index contributed by atoms with van der Waals surface area (Å²) in [6, 6.07) is 3.68. The quantitative estimate of drug-likeness (QED) is 0.777. The smallest absolute Gasteiger partial charge is 0.366 e. The number of carbonyl (C=O) groups is 1. The minimum atomic E-state index is -0.381. The highest BCUT2D eigenvalue weighted by molar-refractivity contribution is 14.1. The summed E-state index contributed by atoms with van der Waals surface area (Å²) in [6.45, 7) is 1.97. The minimum absolute atomic E-state index is 0.381. The van der Waals surface area contributed by atoms with E-state index in [4.69, 9.17) is 0 Å². The van der Waals surface area contributed by atoms with Gasteiger partial charge in [-0.1, -0.05) is 13.0 Å². The van der Waals surface area contributed by atoms with E-state index in [0.717, 1.165) is 12.0 Å². The number of nitrogens with zero attached hydrogens (tertiary/aromatic N) is 1. The molecule has 0 unspecified atom stereocenters. The molecule has 0 bridgehead atoms. The number of aryl methyl sites for hydroxylation is 1. The second-order valence-electron chi connectivity index (χ2n) is 2.23. The Morgan fingerprint density at radius 3 is 3.08 bits per heavy atom. The van der Waals surface area contributed by atoms with Crippen molar-refractivity contribution in [3.8, 4) is 0 Å². The molecule has 1 heterocycles. The SMILES string of the molecule is CCc1cccnc1C(=O)OI. The average Bonchev–Trinajstić information content (AvgIpc) is 2.16. The summed E-state index contributed by atoms with van der Waals surface area (Å²) in [5.41, 5.74) is 1.33. The van der Waals surface area contributed by atoms with Crippen molar-refractivity contribution in [1.82, 2.24) is 4.98 Å². The van der Waals surface area contributed by atoms with Crippen LogP contribution < -0.4 is 0 Å². The Kier molecular flexibility index (Phi) is 3.46. The first kappa shape index (κ1) is 9.44. The number of pyridine rings is 1. The molecule has 0 spiro atoms. The van der Waals surface area contributed by atoms with Crippen LogP contribution in [-0.2, 0) is 9.49 Å². The van der Waals surface area contributed by atoms with E-state index < -0.39 is 0 Å². The van der Waals surface area contributed by atoms with E-state index in [2.05, 4.69) is 8.05 Å². The predicted molar refractivity (Wildman–Crippen MR) is 53.1 cm³/mol. The number of carbonyl (C=O) groups excluding carboxylic acids is 1. The van der Waals surface area contributed by atoms with Crippen LogP contribution in [0.15, 0.2) is 18.3 Å². The van der Waals surface area contributed by atoms with Crippen LogP contribution in [0.5, 0.6) is 0 Å². The van der Waals surface area contributed by atoms with E-state index in [1.807, 2.05) is 19.1 Å². The normalized spacial score (nSPS) is 9.50. The molecule has 1 aromatic heterocycles. The van der Waals surface area contributed by atoms with E-state index >= 15 is 0 Å². The zero-order valence-electron chi connectivity index (χ0n) is 6.58. The van der Waals surface area contributed by atoms with Gasteiger partial charge in [0, 0.05) is 6.20 Å². The van der Waals surface area contributed by atoms with Gasteiger partial charge in [-0.3, -0.25) is 0 Å². The first-order valence-corrected chi connectivity index (χ1v) is 4.44. The van der Waals surface area contributed by atoms with Crippen LogP contribution in [0.3, 0.4) is 0 Å². The van der Waals surface area contributed by atoms with Gasteiger partial charge < -0.3 is 3.07 Å². The Morgan fingerprint density at radius 2 is 2.50 bits per heavy atom. The average molecular weight is 277 g/mol. The third kappa shape index (κ3) is 1.94. The summed E-state index contributed by atoms with van der Waals surface area (Å²) in [6.07, 6.45) is 2.37. The summed E-state index contributed by atoms with van der Waals surface area (Å²) in [5, 5.41) is 0. The first-order chi connectivity index (χ1) is 5.79. The Morgan fingerprint density at radius 1 is 1.75 bits per heavy atom. The summed E-state index contributed by atoms with van der Waals surface area (Å²) in [5.74, 6) is -0.381. The van der Waals surface area contributed by atoms with Crippen molar-refractivity contribution >= 4 is 29.0 Å². The van der Waals surface area contributed by atoms with E-state index in [1.165, 1.54) is 0 Å². The zero-order valence-corrected chi connectivity index (χ0v) is 8.74. The van der Waals surface area contributed by atoms with Gasteiger partial charge in [-0.25, -0.2) is 9.78 Å². The van der Waals surface area contributed by atoms with Crippen LogP contribution in [0.2, 0.25) is 0 Å². The molecule has 12 heavy (non-hydrogen) atoms. The highest BCUT2D eigenvalue weighted by atomic mass is 127. The summed E-state index contributed by atoms with van der Waals surface area (Å²) < 4.78 is 4.55. The van der Waals surface area contributed by atoms with E-state index in [1.54, 1.807) is 29.2 Å². The van der Waals surface area contributed by atoms with Crippen molar-refractivity contribution < 1.29 is 7.86 Å². The van der Waals surface area contributed by atoms with Crippen LogP contribution in [0.1, 0.15) is 23.0 Å². The molecular formula is C8H8INO2. The Hall–Kier alpha value is -0.650. The Labute approximate surface area is 84.8 Å². The number of aromatic nitrogens is 1. The molecule has 0 aliphatic heterocycles. The molecule has 1 aromatic rings. The molecule has 64 valence electrons. The molecule has 0 aliphatic carbocycles. The van der Waals surface area contributed by atoms with Gasteiger partial charge in [0.15, 0.2) is 28.7 Å². The van der Waals surface area contributed by atoms with Crippen LogP contribution in [0, 0.1) is 0 Å². The molecule has 0 saturated heterocycles. The molecule has 0 radical (unpaired) electrons. The second-order valence-corrected chi connectivity index (χ2v) is 2.67. The lowest BCUT2D eigenvalue weighted by atomic mass is 10.1. The third-order valence-corrected chi connectivity index (χ3v) is 1.94. The molecule has 0 N–H and O–H groups in total. The van der Waals surface area contributed by atoms with Gasteiger partial charge >= 0.3 is 5.97 Å². The lowest BCUT2D eigenvalue weighted by Crippen LogP contribution is -2.05. The molecule has 4 heteroatoms. The molecule has 0 saturated carbocycles. The molecule has 3 nitrogen and oxygen atoms in total. The van der Waals surface area contributed by atoms with Crippen LogP contribution >= 0.6 is 23.0 Å². The number of rotatable bonds is 2. The summed E-state index contributed by atoms with van der Waals surface area (Å²) in [7, 11) is 0. The van der Waals surface area contributed by atoms with Crippen molar-refractivity contribution in [2.24, 2.45) is 0 Å². The fraction of sp³-hybridized carbons (Fsp3) is 0.250. The van der Waals surface area contributed by atoms with E-state index in [9.17, 15) is 4.79 Å². The van der Waals surface area contributed by atoms with Gasteiger partial charge in [0.25, 0.3) is 0 Å². The summed E-state index contributed by atoms with van der Waals surface area (Å²) in [4.78, 5) is 15.0.